The van der Waals surface area contributed by atoms with Gasteiger partial charge >= 0.3 is 29.6 Å². The molecule has 0 aromatic heterocycles. The van der Waals surface area contributed by atoms with Crippen LogP contribution < -0.4 is 34.3 Å². The van der Waals surface area contributed by atoms with Crippen molar-refractivity contribution in [2.75, 3.05) is 11.5 Å². The predicted octanol–water partition coefficient (Wildman–Crippen LogP) is -2.28. The molecule has 4 nitrogen and oxygen atoms in total. The molecule has 1 N–H and O–H groups in total. The quantitative estimate of drug-likeness (QED) is 0.441. The minimum absolute atomic E-state index is 0. The maximum atomic E-state index is 10.4. The molecule has 0 aromatic rings. The topological polar surface area (TPSA) is 69.2 Å². The Kier molecular flexibility index (Phi) is 8.14. The third kappa shape index (κ3) is 7.50. The first kappa shape index (κ1) is 15.2. The molecule has 0 saturated carbocycles. The molecule has 0 aromatic carbocycles. The minimum Gasteiger partial charge on any atom is -0.735 e. The van der Waals surface area contributed by atoms with Crippen LogP contribution in [-0.2, 0) is 10.3 Å². The molecule has 14 heavy (non-hydrogen) atoms. The zero-order valence-electron chi connectivity index (χ0n) is 8.36. The second-order valence-corrected chi connectivity index (χ2v) is 5.49. The van der Waals surface area contributed by atoms with E-state index in [-0.39, 0.29) is 35.6 Å². The van der Waals surface area contributed by atoms with Gasteiger partial charge in [-0.15, -0.1) is 0 Å². The van der Waals surface area contributed by atoms with Crippen molar-refractivity contribution in [3.05, 3.63) is 0 Å². The summed E-state index contributed by atoms with van der Waals surface area (Å²) >= 11 is 1.71. The zero-order valence-corrected chi connectivity index (χ0v) is 12.0. The standard InChI is InChI=1S/C7H15NO3S2.Na/c9-13(10,11)8-7-4-2-1-3-5-12-6-7;/h7-8H,1-6H2,(H,9,10,11);/q;+1/p-1. The van der Waals surface area contributed by atoms with Crippen molar-refractivity contribution in [3.8, 4) is 0 Å². The summed E-state index contributed by atoms with van der Waals surface area (Å²) < 4.78 is 33.4. The van der Waals surface area contributed by atoms with E-state index in [0.717, 1.165) is 30.8 Å². The summed E-state index contributed by atoms with van der Waals surface area (Å²) in [6, 6.07) is -0.159. The molecule has 0 spiro atoms. The largest absolute Gasteiger partial charge is 1.00 e. The van der Waals surface area contributed by atoms with Gasteiger partial charge in [0.05, 0.1) is 0 Å². The Morgan fingerprint density at radius 2 is 2.00 bits per heavy atom. The molecular formula is C7H14NNaO3S2. The molecule has 7 heteroatoms. The summed E-state index contributed by atoms with van der Waals surface area (Å²) in [5.74, 6) is 1.79. The molecule has 0 bridgehead atoms. The van der Waals surface area contributed by atoms with E-state index in [1.54, 1.807) is 11.8 Å². The number of rotatable bonds is 2. The molecule has 1 heterocycles. The fraction of sp³-hybridized carbons (Fsp3) is 1.00. The fourth-order valence-electron chi connectivity index (χ4n) is 1.38. The van der Waals surface area contributed by atoms with E-state index in [1.807, 2.05) is 0 Å². The van der Waals surface area contributed by atoms with Crippen LogP contribution in [0.2, 0.25) is 0 Å². The van der Waals surface area contributed by atoms with Gasteiger partial charge in [-0.3, -0.25) is 0 Å². The van der Waals surface area contributed by atoms with E-state index in [4.69, 9.17) is 0 Å². The van der Waals surface area contributed by atoms with Crippen LogP contribution in [0.15, 0.2) is 0 Å². The normalized spacial score (nSPS) is 24.5. The first-order valence-electron chi connectivity index (χ1n) is 4.39. The molecule has 0 amide bonds. The Hall–Kier alpha value is 1.22. The first-order valence-corrected chi connectivity index (χ1v) is 6.95. The van der Waals surface area contributed by atoms with E-state index in [0.29, 0.717) is 0 Å². The maximum absolute atomic E-state index is 10.4. The molecule has 1 aliphatic rings. The van der Waals surface area contributed by atoms with Gasteiger partial charge < -0.3 is 4.55 Å². The third-order valence-electron chi connectivity index (χ3n) is 1.97. The Morgan fingerprint density at radius 1 is 1.29 bits per heavy atom. The first-order chi connectivity index (χ1) is 6.08. The van der Waals surface area contributed by atoms with E-state index in [2.05, 4.69) is 4.72 Å². The van der Waals surface area contributed by atoms with Crippen LogP contribution in [0.4, 0.5) is 0 Å². The molecule has 1 fully saturated rings. The van der Waals surface area contributed by atoms with Crippen molar-refractivity contribution in [1.29, 1.82) is 0 Å². The van der Waals surface area contributed by atoms with Crippen molar-refractivity contribution in [2.24, 2.45) is 0 Å². The molecule has 78 valence electrons. The Morgan fingerprint density at radius 3 is 2.64 bits per heavy atom. The second kappa shape index (κ2) is 7.49. The van der Waals surface area contributed by atoms with Gasteiger partial charge in [0.1, 0.15) is 0 Å². The predicted molar refractivity (Wildman–Crippen MR) is 52.4 cm³/mol. The molecule has 0 aliphatic carbocycles. The van der Waals surface area contributed by atoms with Crippen LogP contribution in [0.3, 0.4) is 0 Å². The van der Waals surface area contributed by atoms with Crippen molar-refractivity contribution in [2.45, 2.75) is 31.7 Å². The average molecular weight is 247 g/mol. The van der Waals surface area contributed by atoms with Gasteiger partial charge in [-0.2, -0.15) is 11.8 Å². The van der Waals surface area contributed by atoms with Crippen LogP contribution in [0, 0.1) is 0 Å². The monoisotopic (exact) mass is 247 g/mol. The zero-order chi connectivity index (χ0) is 9.73. The second-order valence-electron chi connectivity index (χ2n) is 3.19. The van der Waals surface area contributed by atoms with Crippen LogP contribution in [0.25, 0.3) is 0 Å². The summed E-state index contributed by atoms with van der Waals surface area (Å²) in [5, 5.41) is 0. The van der Waals surface area contributed by atoms with E-state index in [1.165, 1.54) is 6.42 Å². The van der Waals surface area contributed by atoms with Crippen molar-refractivity contribution >= 4 is 22.1 Å². The average Bonchev–Trinajstić information content (AvgIpc) is 1.92. The number of hydrogen-bond acceptors (Lipinski definition) is 4. The van der Waals surface area contributed by atoms with Crippen molar-refractivity contribution in [1.82, 2.24) is 4.72 Å². The van der Waals surface area contributed by atoms with Crippen LogP contribution >= 0.6 is 11.8 Å². The molecule has 1 aliphatic heterocycles. The van der Waals surface area contributed by atoms with Crippen LogP contribution in [0.5, 0.6) is 0 Å². The van der Waals surface area contributed by atoms with Gasteiger partial charge in [-0.1, -0.05) is 12.8 Å². The summed E-state index contributed by atoms with van der Waals surface area (Å²) in [7, 11) is -4.27. The smallest absolute Gasteiger partial charge is 0.735 e. The molecular weight excluding hydrogens is 233 g/mol. The third-order valence-corrected chi connectivity index (χ3v) is 3.81. The Balaban J connectivity index is 0.00000169. The molecule has 0 radical (unpaired) electrons. The van der Waals surface area contributed by atoms with Gasteiger partial charge in [0.2, 0.25) is 0 Å². The van der Waals surface area contributed by atoms with Gasteiger partial charge in [-0.05, 0) is 18.6 Å². The van der Waals surface area contributed by atoms with Gasteiger partial charge in [0.25, 0.3) is 0 Å². The molecule has 1 atom stereocenters. The van der Waals surface area contributed by atoms with Crippen LogP contribution in [-0.4, -0.2) is 30.5 Å². The van der Waals surface area contributed by atoms with Crippen LogP contribution in [0.1, 0.15) is 25.7 Å². The van der Waals surface area contributed by atoms with Gasteiger partial charge in [-0.25, -0.2) is 13.1 Å². The van der Waals surface area contributed by atoms with Crippen molar-refractivity contribution in [3.63, 3.8) is 0 Å². The Labute approximate surface area is 112 Å². The number of hydrogen-bond donors (Lipinski definition) is 1. The molecule has 1 saturated heterocycles. The number of thioether (sulfide) groups is 1. The van der Waals surface area contributed by atoms with Gasteiger partial charge in [0.15, 0.2) is 10.3 Å². The van der Waals surface area contributed by atoms with E-state index >= 15 is 0 Å². The fourth-order valence-corrected chi connectivity index (χ4v) is 3.20. The summed E-state index contributed by atoms with van der Waals surface area (Å²) in [6.45, 7) is 0. The molecule has 1 unspecified atom stereocenters. The minimum atomic E-state index is -4.27. The summed E-state index contributed by atoms with van der Waals surface area (Å²) in [4.78, 5) is 0. The van der Waals surface area contributed by atoms with E-state index < -0.39 is 10.3 Å². The molecule has 1 rings (SSSR count). The summed E-state index contributed by atoms with van der Waals surface area (Å²) in [5.41, 5.74) is 0. The van der Waals surface area contributed by atoms with E-state index in [9.17, 15) is 13.0 Å². The van der Waals surface area contributed by atoms with Crippen molar-refractivity contribution < 1.29 is 42.5 Å². The maximum Gasteiger partial charge on any atom is 1.00 e. The SMILES string of the molecule is O=S(=O)([O-])NC1CCCCCSC1.[Na+]. The Bertz CT molecular complexity index is 237. The number of nitrogens with one attached hydrogen (secondary N) is 1. The van der Waals surface area contributed by atoms with Gasteiger partial charge in [0, 0.05) is 11.8 Å². The summed E-state index contributed by atoms with van der Waals surface area (Å²) in [6.07, 6.45) is 4.12.